The fraction of sp³-hybridized carbons (Fsp3) is 0.267. The molecule has 2 aromatic rings. The molecule has 2 aromatic carbocycles. The first-order valence-corrected chi connectivity index (χ1v) is 7.37. The maximum atomic E-state index is 5.52. The van der Waals surface area contributed by atoms with E-state index in [1.54, 1.807) is 11.8 Å². The van der Waals surface area contributed by atoms with Gasteiger partial charge in [-0.2, -0.15) is 0 Å². The predicted molar refractivity (Wildman–Crippen MR) is 83.0 cm³/mol. The number of fused-ring (bicyclic) bond motifs is 1. The summed E-state index contributed by atoms with van der Waals surface area (Å²) in [6.45, 7) is 2.21. The highest BCUT2D eigenvalue weighted by Gasteiger charge is 2.05. The summed E-state index contributed by atoms with van der Waals surface area (Å²) in [6, 6.07) is 14.8. The SMILES string of the molecule is CCCCSC(=S)c1cccc2ccccc12. The van der Waals surface area contributed by atoms with Crippen LogP contribution in [0.3, 0.4) is 0 Å². The minimum atomic E-state index is 1.02. The van der Waals surface area contributed by atoms with E-state index in [4.69, 9.17) is 12.2 Å². The van der Waals surface area contributed by atoms with Crippen LogP contribution in [0.4, 0.5) is 0 Å². The zero-order valence-corrected chi connectivity index (χ0v) is 11.6. The van der Waals surface area contributed by atoms with E-state index in [1.807, 2.05) is 0 Å². The third-order valence-electron chi connectivity index (χ3n) is 2.74. The summed E-state index contributed by atoms with van der Waals surface area (Å²) in [5.74, 6) is 1.12. The van der Waals surface area contributed by atoms with Gasteiger partial charge in [-0.3, -0.25) is 0 Å². The van der Waals surface area contributed by atoms with Crippen molar-refractivity contribution < 1.29 is 0 Å². The Kier molecular flexibility index (Phi) is 4.57. The zero-order chi connectivity index (χ0) is 12.1. The summed E-state index contributed by atoms with van der Waals surface area (Å²) < 4.78 is 1.02. The van der Waals surface area contributed by atoms with Crippen molar-refractivity contribution in [1.82, 2.24) is 0 Å². The Morgan fingerprint density at radius 2 is 1.88 bits per heavy atom. The molecule has 0 amide bonds. The van der Waals surface area contributed by atoms with E-state index in [1.165, 1.54) is 29.2 Å². The minimum Gasteiger partial charge on any atom is -0.114 e. The van der Waals surface area contributed by atoms with Crippen LogP contribution in [-0.2, 0) is 0 Å². The molecule has 0 aliphatic rings. The molecule has 0 saturated heterocycles. The van der Waals surface area contributed by atoms with Crippen LogP contribution >= 0.6 is 24.0 Å². The summed E-state index contributed by atoms with van der Waals surface area (Å²) in [7, 11) is 0. The van der Waals surface area contributed by atoms with Gasteiger partial charge in [-0.15, -0.1) is 11.8 Å². The molecule has 0 N–H and O–H groups in total. The molecule has 0 atom stereocenters. The van der Waals surface area contributed by atoms with Crippen LogP contribution in [0, 0.1) is 0 Å². The Hall–Kier alpha value is -0.860. The quantitative estimate of drug-likeness (QED) is 0.557. The lowest BCUT2D eigenvalue weighted by molar-refractivity contribution is 0.898. The normalized spacial score (nSPS) is 10.6. The highest BCUT2D eigenvalue weighted by Crippen LogP contribution is 2.24. The number of rotatable bonds is 4. The molecule has 2 rings (SSSR count). The first-order chi connectivity index (χ1) is 8.33. The molecule has 88 valence electrons. The summed E-state index contributed by atoms with van der Waals surface area (Å²) in [4.78, 5) is 0. The lowest BCUT2D eigenvalue weighted by atomic mass is 10.1. The van der Waals surface area contributed by atoms with Gasteiger partial charge in [-0.05, 0) is 22.9 Å². The Morgan fingerprint density at radius 1 is 1.12 bits per heavy atom. The molecule has 0 unspecified atom stereocenters. The van der Waals surface area contributed by atoms with Crippen LogP contribution in [0.15, 0.2) is 42.5 Å². The molecule has 0 aliphatic heterocycles. The predicted octanol–water partition coefficient (Wildman–Crippen LogP) is 5.05. The average molecular weight is 260 g/mol. The summed E-state index contributed by atoms with van der Waals surface area (Å²) in [6.07, 6.45) is 2.46. The van der Waals surface area contributed by atoms with Crippen molar-refractivity contribution in [3.8, 4) is 0 Å². The highest BCUT2D eigenvalue weighted by molar-refractivity contribution is 8.23. The monoisotopic (exact) mass is 260 g/mol. The van der Waals surface area contributed by atoms with Crippen molar-refractivity contribution in [1.29, 1.82) is 0 Å². The maximum absolute atomic E-state index is 5.52. The second kappa shape index (κ2) is 6.18. The number of hydrogen-bond donors (Lipinski definition) is 0. The fourth-order valence-corrected chi connectivity index (χ4v) is 3.17. The zero-order valence-electron chi connectivity index (χ0n) is 9.98. The summed E-state index contributed by atoms with van der Waals surface area (Å²) >= 11 is 7.32. The lowest BCUT2D eigenvalue weighted by Crippen LogP contribution is -1.94. The highest BCUT2D eigenvalue weighted by atomic mass is 32.2. The van der Waals surface area contributed by atoms with Crippen molar-refractivity contribution >= 4 is 38.9 Å². The van der Waals surface area contributed by atoms with Gasteiger partial charge in [0.05, 0.1) is 4.20 Å². The molecule has 2 heteroatoms. The Bertz CT molecular complexity index is 512. The van der Waals surface area contributed by atoms with E-state index in [9.17, 15) is 0 Å². The molecule has 0 heterocycles. The first kappa shape index (κ1) is 12.6. The molecule has 0 saturated carbocycles. The van der Waals surface area contributed by atoms with Gasteiger partial charge in [0.25, 0.3) is 0 Å². The smallest absolute Gasteiger partial charge is 0.0784 e. The van der Waals surface area contributed by atoms with Gasteiger partial charge in [0.1, 0.15) is 0 Å². The topological polar surface area (TPSA) is 0 Å². The molecular formula is C15H16S2. The standard InChI is InChI=1S/C15H16S2/c1-2-3-11-17-15(16)14-10-6-8-12-7-4-5-9-13(12)14/h4-10H,2-3,11H2,1H3. The van der Waals surface area contributed by atoms with E-state index in [-0.39, 0.29) is 0 Å². The van der Waals surface area contributed by atoms with Crippen LogP contribution in [0.1, 0.15) is 25.3 Å². The Morgan fingerprint density at radius 3 is 2.71 bits per heavy atom. The van der Waals surface area contributed by atoms with Crippen molar-refractivity contribution in [2.45, 2.75) is 19.8 Å². The molecule has 0 bridgehead atoms. The molecule has 0 aromatic heterocycles. The van der Waals surface area contributed by atoms with Gasteiger partial charge < -0.3 is 0 Å². The number of benzene rings is 2. The van der Waals surface area contributed by atoms with Gasteiger partial charge in [0, 0.05) is 5.56 Å². The number of unbranched alkanes of at least 4 members (excludes halogenated alkanes) is 1. The van der Waals surface area contributed by atoms with Crippen LogP contribution in [-0.4, -0.2) is 9.95 Å². The first-order valence-electron chi connectivity index (χ1n) is 5.98. The summed E-state index contributed by atoms with van der Waals surface area (Å²) in [5.41, 5.74) is 1.21. The molecule has 17 heavy (non-hydrogen) atoms. The van der Waals surface area contributed by atoms with Crippen molar-refractivity contribution in [2.75, 3.05) is 5.75 Å². The van der Waals surface area contributed by atoms with Gasteiger partial charge in [0.2, 0.25) is 0 Å². The van der Waals surface area contributed by atoms with Gasteiger partial charge in [-0.25, -0.2) is 0 Å². The van der Waals surface area contributed by atoms with E-state index in [0.717, 1.165) is 9.95 Å². The van der Waals surface area contributed by atoms with Crippen LogP contribution in [0.25, 0.3) is 10.8 Å². The largest absolute Gasteiger partial charge is 0.114 e. The molecular weight excluding hydrogens is 244 g/mol. The maximum Gasteiger partial charge on any atom is 0.0784 e. The fourth-order valence-electron chi connectivity index (χ4n) is 1.79. The van der Waals surface area contributed by atoms with E-state index in [2.05, 4.69) is 49.4 Å². The molecule has 0 radical (unpaired) electrons. The molecule has 0 spiro atoms. The summed E-state index contributed by atoms with van der Waals surface area (Å²) in [5, 5.41) is 2.53. The van der Waals surface area contributed by atoms with Gasteiger partial charge in [0.15, 0.2) is 0 Å². The second-order valence-electron chi connectivity index (χ2n) is 4.02. The number of hydrogen-bond acceptors (Lipinski definition) is 2. The van der Waals surface area contributed by atoms with Crippen molar-refractivity contribution in [3.63, 3.8) is 0 Å². The lowest BCUT2D eigenvalue weighted by Gasteiger charge is -2.07. The molecule has 0 fully saturated rings. The van der Waals surface area contributed by atoms with Crippen LogP contribution in [0.2, 0.25) is 0 Å². The van der Waals surface area contributed by atoms with E-state index in [0.29, 0.717) is 0 Å². The van der Waals surface area contributed by atoms with Crippen molar-refractivity contribution in [2.24, 2.45) is 0 Å². The average Bonchev–Trinajstić information content (AvgIpc) is 2.38. The minimum absolute atomic E-state index is 1.02. The molecule has 0 nitrogen and oxygen atoms in total. The third kappa shape index (κ3) is 3.08. The van der Waals surface area contributed by atoms with Gasteiger partial charge >= 0.3 is 0 Å². The van der Waals surface area contributed by atoms with Crippen LogP contribution in [0.5, 0.6) is 0 Å². The van der Waals surface area contributed by atoms with Gasteiger partial charge in [-0.1, -0.05) is 68.0 Å². The Balaban J connectivity index is 2.26. The van der Waals surface area contributed by atoms with E-state index >= 15 is 0 Å². The van der Waals surface area contributed by atoms with Crippen LogP contribution < -0.4 is 0 Å². The third-order valence-corrected chi connectivity index (χ3v) is 4.29. The number of thiocarbonyl (C=S) groups is 1. The van der Waals surface area contributed by atoms with E-state index < -0.39 is 0 Å². The second-order valence-corrected chi connectivity index (χ2v) is 5.79. The Labute approximate surface area is 112 Å². The van der Waals surface area contributed by atoms with Crippen molar-refractivity contribution in [3.05, 3.63) is 48.0 Å². The molecule has 0 aliphatic carbocycles. The number of thioether (sulfide) groups is 1.